The van der Waals surface area contributed by atoms with Gasteiger partial charge in [0.2, 0.25) is 11.8 Å². The Labute approximate surface area is 87.3 Å². The van der Waals surface area contributed by atoms with Gasteiger partial charge in [0.1, 0.15) is 0 Å². The third-order valence-corrected chi connectivity index (χ3v) is 2.33. The monoisotopic (exact) mass is 207 g/mol. The van der Waals surface area contributed by atoms with Gasteiger partial charge in [-0.05, 0) is 13.3 Å². The highest BCUT2D eigenvalue weighted by atomic mass is 16.5. The number of nitrogens with zero attached hydrogens (tertiary/aromatic N) is 1. The molecule has 15 heavy (non-hydrogen) atoms. The van der Waals surface area contributed by atoms with Crippen LogP contribution in [0.1, 0.15) is 12.1 Å². The average molecular weight is 207 g/mol. The fourth-order valence-electron chi connectivity index (χ4n) is 1.56. The van der Waals surface area contributed by atoms with Gasteiger partial charge < -0.3 is 10.3 Å². The summed E-state index contributed by atoms with van der Waals surface area (Å²) in [5.41, 5.74) is 6.40. The van der Waals surface area contributed by atoms with Crippen LogP contribution in [0.2, 0.25) is 0 Å². The third kappa shape index (κ3) is 2.24. The largest absolute Gasteiger partial charge is 0.338 e. The molecule has 2 rings (SSSR count). The van der Waals surface area contributed by atoms with E-state index in [1.165, 1.54) is 0 Å². The number of nitrogens with two attached hydrogens (primary N) is 1. The number of aryl methyl sites for hydroxylation is 1. The summed E-state index contributed by atoms with van der Waals surface area (Å²) in [6, 6.07) is 1.66. The van der Waals surface area contributed by atoms with Crippen molar-refractivity contribution in [1.29, 1.82) is 0 Å². The van der Waals surface area contributed by atoms with E-state index in [9.17, 15) is 4.79 Å². The van der Waals surface area contributed by atoms with Gasteiger partial charge >= 0.3 is 0 Å². The van der Waals surface area contributed by atoms with Gasteiger partial charge in [0.25, 0.3) is 0 Å². The molecule has 2 unspecified atom stereocenters. The van der Waals surface area contributed by atoms with Crippen LogP contribution in [-0.4, -0.2) is 17.1 Å². The van der Waals surface area contributed by atoms with E-state index in [0.717, 1.165) is 5.69 Å². The maximum atomic E-state index is 11.7. The lowest BCUT2D eigenvalue weighted by Gasteiger charge is -2.07. The van der Waals surface area contributed by atoms with Gasteiger partial charge in [-0.3, -0.25) is 10.1 Å². The topological polar surface area (TPSA) is 81.2 Å². The lowest BCUT2D eigenvalue weighted by molar-refractivity contribution is -0.118. The Hall–Kier alpha value is -1.62. The molecule has 1 aliphatic rings. The van der Waals surface area contributed by atoms with Gasteiger partial charge in [-0.25, -0.2) is 0 Å². The predicted octanol–water partition coefficient (Wildman–Crippen LogP) is 0.825. The summed E-state index contributed by atoms with van der Waals surface area (Å²) in [5.74, 6) is 0.118. The zero-order valence-electron chi connectivity index (χ0n) is 8.43. The average Bonchev–Trinajstić information content (AvgIpc) is 2.75. The molecule has 0 saturated heterocycles. The fourth-order valence-corrected chi connectivity index (χ4v) is 1.56. The second-order valence-electron chi connectivity index (χ2n) is 3.71. The van der Waals surface area contributed by atoms with E-state index in [4.69, 9.17) is 10.3 Å². The van der Waals surface area contributed by atoms with Crippen molar-refractivity contribution in [2.45, 2.75) is 19.4 Å². The van der Waals surface area contributed by atoms with Crippen LogP contribution in [0.25, 0.3) is 0 Å². The summed E-state index contributed by atoms with van der Waals surface area (Å²) >= 11 is 0. The SMILES string of the molecule is Cc1cc(NC(=O)C2C=CC(N)C2)on1. The Morgan fingerprint density at radius 1 is 1.67 bits per heavy atom. The van der Waals surface area contributed by atoms with Crippen molar-refractivity contribution < 1.29 is 9.32 Å². The number of rotatable bonds is 2. The molecule has 2 atom stereocenters. The van der Waals surface area contributed by atoms with Gasteiger partial charge in [-0.2, -0.15) is 0 Å². The van der Waals surface area contributed by atoms with E-state index in [1.807, 2.05) is 12.2 Å². The molecule has 0 aliphatic heterocycles. The number of carbonyl (C=O) groups is 1. The van der Waals surface area contributed by atoms with Crippen LogP contribution >= 0.6 is 0 Å². The first-order chi connectivity index (χ1) is 7.15. The maximum Gasteiger partial charge on any atom is 0.233 e. The summed E-state index contributed by atoms with van der Waals surface area (Å²) < 4.78 is 4.88. The minimum atomic E-state index is -0.162. The Bertz CT molecular complexity index is 397. The molecule has 0 saturated carbocycles. The van der Waals surface area contributed by atoms with Crippen molar-refractivity contribution >= 4 is 11.8 Å². The Balaban J connectivity index is 1.96. The Kier molecular flexibility index (Phi) is 2.55. The number of nitrogens with one attached hydrogen (secondary N) is 1. The molecule has 80 valence electrons. The predicted molar refractivity (Wildman–Crippen MR) is 55.1 cm³/mol. The lowest BCUT2D eigenvalue weighted by Crippen LogP contribution is -2.23. The number of aromatic nitrogens is 1. The Morgan fingerprint density at radius 3 is 3.00 bits per heavy atom. The molecule has 1 heterocycles. The number of hydrogen-bond acceptors (Lipinski definition) is 4. The van der Waals surface area contributed by atoms with Crippen molar-refractivity contribution in [1.82, 2.24) is 5.16 Å². The van der Waals surface area contributed by atoms with Crippen molar-refractivity contribution in [3.05, 3.63) is 23.9 Å². The van der Waals surface area contributed by atoms with E-state index >= 15 is 0 Å². The smallest absolute Gasteiger partial charge is 0.233 e. The van der Waals surface area contributed by atoms with Crippen LogP contribution in [0.4, 0.5) is 5.88 Å². The van der Waals surface area contributed by atoms with Crippen LogP contribution in [0, 0.1) is 12.8 Å². The van der Waals surface area contributed by atoms with Gasteiger partial charge in [-0.15, -0.1) is 0 Å². The third-order valence-electron chi connectivity index (χ3n) is 2.33. The Morgan fingerprint density at radius 2 is 2.47 bits per heavy atom. The second-order valence-corrected chi connectivity index (χ2v) is 3.71. The summed E-state index contributed by atoms with van der Waals surface area (Å²) in [6.07, 6.45) is 4.32. The van der Waals surface area contributed by atoms with Crippen LogP contribution in [0.3, 0.4) is 0 Å². The van der Waals surface area contributed by atoms with Crippen LogP contribution < -0.4 is 11.1 Å². The van der Waals surface area contributed by atoms with Gasteiger partial charge in [0.15, 0.2) is 0 Å². The van der Waals surface area contributed by atoms with E-state index in [1.54, 1.807) is 13.0 Å². The highest BCUT2D eigenvalue weighted by molar-refractivity contribution is 5.92. The highest BCUT2D eigenvalue weighted by Gasteiger charge is 2.23. The molecule has 3 N–H and O–H groups in total. The molecule has 1 aromatic rings. The minimum absolute atomic E-state index is 0.0165. The molecule has 1 amide bonds. The summed E-state index contributed by atoms with van der Waals surface area (Å²) in [4.78, 5) is 11.7. The molecule has 1 aliphatic carbocycles. The van der Waals surface area contributed by atoms with E-state index in [0.29, 0.717) is 12.3 Å². The molecule has 5 heteroatoms. The first-order valence-corrected chi connectivity index (χ1v) is 4.83. The van der Waals surface area contributed by atoms with E-state index < -0.39 is 0 Å². The lowest BCUT2D eigenvalue weighted by atomic mass is 10.1. The number of carbonyl (C=O) groups excluding carboxylic acids is 1. The second kappa shape index (κ2) is 3.86. The van der Waals surface area contributed by atoms with Crippen molar-refractivity contribution in [3.8, 4) is 0 Å². The quantitative estimate of drug-likeness (QED) is 0.703. The van der Waals surface area contributed by atoms with Crippen molar-refractivity contribution in [2.75, 3.05) is 5.32 Å². The molecule has 0 fully saturated rings. The molecular weight excluding hydrogens is 194 g/mol. The molecule has 0 aromatic carbocycles. The molecular formula is C10H13N3O2. The fraction of sp³-hybridized carbons (Fsp3) is 0.400. The highest BCUT2D eigenvalue weighted by Crippen LogP contribution is 2.19. The van der Waals surface area contributed by atoms with Crippen LogP contribution in [0.5, 0.6) is 0 Å². The number of anilines is 1. The molecule has 0 bridgehead atoms. The van der Waals surface area contributed by atoms with Crippen LogP contribution in [-0.2, 0) is 4.79 Å². The molecule has 5 nitrogen and oxygen atoms in total. The van der Waals surface area contributed by atoms with Gasteiger partial charge in [-0.1, -0.05) is 17.3 Å². The number of hydrogen-bond donors (Lipinski definition) is 2. The zero-order valence-corrected chi connectivity index (χ0v) is 8.43. The van der Waals surface area contributed by atoms with Crippen molar-refractivity contribution in [2.24, 2.45) is 11.7 Å². The molecule has 0 radical (unpaired) electrons. The van der Waals surface area contributed by atoms with Crippen LogP contribution in [0.15, 0.2) is 22.7 Å². The molecule has 0 spiro atoms. The maximum absolute atomic E-state index is 11.7. The summed E-state index contributed by atoms with van der Waals surface area (Å²) in [6.45, 7) is 1.80. The normalized spacial score (nSPS) is 24.4. The first-order valence-electron chi connectivity index (χ1n) is 4.83. The van der Waals surface area contributed by atoms with E-state index in [2.05, 4.69) is 10.5 Å². The number of amides is 1. The zero-order chi connectivity index (χ0) is 10.8. The standard InChI is InChI=1S/C10H13N3O2/c1-6-4-9(15-13-6)12-10(14)7-2-3-8(11)5-7/h2-4,7-8H,5,11H2,1H3,(H,12,14). The summed E-state index contributed by atoms with van der Waals surface area (Å²) in [7, 11) is 0. The molecule has 1 aromatic heterocycles. The van der Waals surface area contributed by atoms with Crippen molar-refractivity contribution in [3.63, 3.8) is 0 Å². The first kappa shape index (κ1) is 9.92. The van der Waals surface area contributed by atoms with Gasteiger partial charge in [0.05, 0.1) is 11.6 Å². The van der Waals surface area contributed by atoms with Gasteiger partial charge in [0, 0.05) is 12.1 Å². The van der Waals surface area contributed by atoms with E-state index in [-0.39, 0.29) is 17.9 Å². The minimum Gasteiger partial charge on any atom is -0.338 e. The summed E-state index contributed by atoms with van der Waals surface area (Å²) in [5, 5.41) is 6.33.